The topological polar surface area (TPSA) is 114 Å². The van der Waals surface area contributed by atoms with Crippen LogP contribution in [0, 0.1) is 20.8 Å². The summed E-state index contributed by atoms with van der Waals surface area (Å²) in [6, 6.07) is 11.1. The average Bonchev–Trinajstić information content (AvgIpc) is 3.10. The third-order valence-electron chi connectivity index (χ3n) is 4.31. The molecule has 9 heteroatoms. The lowest BCUT2D eigenvalue weighted by Crippen LogP contribution is -2.28. The molecule has 1 atom stereocenters. The van der Waals surface area contributed by atoms with Gasteiger partial charge in [0, 0.05) is 0 Å². The van der Waals surface area contributed by atoms with E-state index in [0.29, 0.717) is 11.4 Å². The molecule has 0 saturated carbocycles. The number of aromatic nitrogens is 2. The maximum absolute atomic E-state index is 12.9. The number of hydrogen-bond donors (Lipinski definition) is 2. The van der Waals surface area contributed by atoms with E-state index in [0.717, 1.165) is 5.56 Å². The van der Waals surface area contributed by atoms with E-state index < -0.39 is 22.0 Å². The highest BCUT2D eigenvalue weighted by molar-refractivity contribution is 7.92. The van der Waals surface area contributed by atoms with Crippen LogP contribution in [0.15, 0.2) is 51.9 Å². The summed E-state index contributed by atoms with van der Waals surface area (Å²) < 4.78 is 33.4. The molecule has 0 saturated heterocycles. The molecule has 0 bridgehead atoms. The summed E-state index contributed by atoms with van der Waals surface area (Å²) in [5, 5.41) is 6.45. The zero-order chi connectivity index (χ0) is 21.2. The smallest absolute Gasteiger partial charge is 0.262 e. The summed E-state index contributed by atoms with van der Waals surface area (Å²) in [7, 11) is -3.87. The van der Waals surface area contributed by atoms with Gasteiger partial charge in [-0.25, -0.2) is 8.42 Å². The van der Waals surface area contributed by atoms with Crippen LogP contribution in [-0.2, 0) is 10.0 Å². The van der Waals surface area contributed by atoms with Crippen molar-refractivity contribution in [3.05, 3.63) is 70.9 Å². The molecular weight excluding hydrogens is 392 g/mol. The van der Waals surface area contributed by atoms with E-state index in [2.05, 4.69) is 20.2 Å². The lowest BCUT2D eigenvalue weighted by molar-refractivity contribution is 0.0933. The highest BCUT2D eigenvalue weighted by atomic mass is 32.2. The van der Waals surface area contributed by atoms with E-state index in [-0.39, 0.29) is 22.0 Å². The predicted octanol–water partition coefficient (Wildman–Crippen LogP) is 3.29. The number of rotatable bonds is 6. The van der Waals surface area contributed by atoms with Gasteiger partial charge in [0.1, 0.15) is 6.04 Å². The molecule has 2 aromatic carbocycles. The molecule has 152 valence electrons. The van der Waals surface area contributed by atoms with Crippen molar-refractivity contribution in [3.8, 4) is 0 Å². The van der Waals surface area contributed by atoms with Gasteiger partial charge in [-0.1, -0.05) is 29.4 Å². The minimum atomic E-state index is -3.87. The fourth-order valence-electron chi connectivity index (χ4n) is 2.79. The van der Waals surface area contributed by atoms with Crippen molar-refractivity contribution in [1.82, 2.24) is 15.5 Å². The maximum Gasteiger partial charge on any atom is 0.262 e. The van der Waals surface area contributed by atoms with E-state index in [1.54, 1.807) is 57.2 Å². The van der Waals surface area contributed by atoms with Gasteiger partial charge in [-0.3, -0.25) is 9.52 Å². The Kier molecular flexibility index (Phi) is 5.69. The molecule has 0 aliphatic rings. The van der Waals surface area contributed by atoms with Gasteiger partial charge in [-0.2, -0.15) is 4.98 Å². The fraction of sp³-hybridized carbons (Fsp3) is 0.250. The monoisotopic (exact) mass is 414 g/mol. The first kappa shape index (κ1) is 20.5. The van der Waals surface area contributed by atoms with E-state index in [4.69, 9.17) is 4.52 Å². The number of carbonyl (C=O) groups excluding carboxylic acids is 1. The number of benzene rings is 2. The van der Waals surface area contributed by atoms with Crippen LogP contribution < -0.4 is 10.0 Å². The second kappa shape index (κ2) is 8.04. The number of amides is 1. The highest BCUT2D eigenvalue weighted by Crippen LogP contribution is 2.23. The molecule has 0 aliphatic heterocycles. The number of carbonyl (C=O) groups is 1. The third-order valence-corrected chi connectivity index (χ3v) is 5.82. The number of hydrogen-bond acceptors (Lipinski definition) is 6. The molecule has 8 nitrogen and oxygen atoms in total. The molecule has 1 amide bonds. The molecular formula is C20H22N4O4S. The Morgan fingerprint density at radius 2 is 1.83 bits per heavy atom. The molecule has 2 N–H and O–H groups in total. The van der Waals surface area contributed by atoms with Gasteiger partial charge in [0.25, 0.3) is 15.9 Å². The SMILES string of the molecule is Cc1ccc(C)c(S(=O)(=O)Nc2ccccc2C(=O)NC(C)c2nc(C)no2)c1. The predicted molar refractivity (Wildman–Crippen MR) is 108 cm³/mol. The van der Waals surface area contributed by atoms with Crippen LogP contribution in [0.2, 0.25) is 0 Å². The van der Waals surface area contributed by atoms with Crippen molar-refractivity contribution >= 4 is 21.6 Å². The van der Waals surface area contributed by atoms with E-state index in [1.807, 2.05) is 13.0 Å². The number of para-hydroxylation sites is 1. The van der Waals surface area contributed by atoms with Crippen LogP contribution in [0.4, 0.5) is 5.69 Å². The Balaban J connectivity index is 1.87. The Labute approximate surface area is 169 Å². The quantitative estimate of drug-likeness (QED) is 0.640. The molecule has 3 aromatic rings. The summed E-state index contributed by atoms with van der Waals surface area (Å²) in [6.07, 6.45) is 0. The second-order valence-electron chi connectivity index (χ2n) is 6.80. The molecule has 1 aromatic heterocycles. The van der Waals surface area contributed by atoms with Gasteiger partial charge in [-0.05, 0) is 57.0 Å². The fourth-order valence-corrected chi connectivity index (χ4v) is 4.20. The third kappa shape index (κ3) is 4.62. The van der Waals surface area contributed by atoms with Crippen LogP contribution in [0.3, 0.4) is 0 Å². The Bertz CT molecular complexity index is 1150. The van der Waals surface area contributed by atoms with Gasteiger partial charge in [0.05, 0.1) is 16.1 Å². The van der Waals surface area contributed by atoms with Crippen LogP contribution in [0.25, 0.3) is 0 Å². The van der Waals surface area contributed by atoms with Gasteiger partial charge in [0.15, 0.2) is 5.82 Å². The molecule has 3 rings (SSSR count). The summed E-state index contributed by atoms with van der Waals surface area (Å²) in [6.45, 7) is 6.92. The molecule has 1 unspecified atom stereocenters. The van der Waals surface area contributed by atoms with Crippen molar-refractivity contribution in [1.29, 1.82) is 0 Å². The van der Waals surface area contributed by atoms with Crippen LogP contribution in [-0.4, -0.2) is 24.5 Å². The number of aryl methyl sites for hydroxylation is 3. The Morgan fingerprint density at radius 3 is 2.52 bits per heavy atom. The summed E-state index contributed by atoms with van der Waals surface area (Å²) in [5.74, 6) is 0.264. The van der Waals surface area contributed by atoms with Crippen LogP contribution >= 0.6 is 0 Å². The number of anilines is 1. The van der Waals surface area contributed by atoms with Crippen LogP contribution in [0.1, 0.15) is 46.2 Å². The molecule has 0 radical (unpaired) electrons. The van der Waals surface area contributed by atoms with Crippen molar-refractivity contribution in [3.63, 3.8) is 0 Å². The Morgan fingerprint density at radius 1 is 1.10 bits per heavy atom. The maximum atomic E-state index is 12.9. The van der Waals surface area contributed by atoms with Gasteiger partial charge in [0.2, 0.25) is 5.89 Å². The standard InChI is InChI=1S/C20H22N4O4S/c1-12-9-10-13(2)18(11-12)29(26,27)24-17-8-6-5-7-16(17)19(25)21-14(3)20-22-15(4)23-28-20/h5-11,14,24H,1-4H3,(H,21,25). The minimum absolute atomic E-state index is 0.169. The lowest BCUT2D eigenvalue weighted by Gasteiger charge is -2.15. The second-order valence-corrected chi connectivity index (χ2v) is 8.45. The minimum Gasteiger partial charge on any atom is -0.340 e. The average molecular weight is 414 g/mol. The first-order valence-electron chi connectivity index (χ1n) is 8.97. The van der Waals surface area contributed by atoms with Gasteiger partial charge >= 0.3 is 0 Å². The van der Waals surface area contributed by atoms with Crippen molar-refractivity contribution in [2.75, 3.05) is 4.72 Å². The van der Waals surface area contributed by atoms with Crippen molar-refractivity contribution < 1.29 is 17.7 Å². The van der Waals surface area contributed by atoms with E-state index >= 15 is 0 Å². The number of nitrogens with zero attached hydrogens (tertiary/aromatic N) is 2. The molecule has 0 aliphatic carbocycles. The molecule has 0 spiro atoms. The first-order valence-corrected chi connectivity index (χ1v) is 10.5. The molecule has 29 heavy (non-hydrogen) atoms. The van der Waals surface area contributed by atoms with Crippen LogP contribution in [0.5, 0.6) is 0 Å². The molecule has 0 fully saturated rings. The first-order chi connectivity index (χ1) is 13.7. The normalized spacial score (nSPS) is 12.4. The molecule has 1 heterocycles. The van der Waals surface area contributed by atoms with Crippen molar-refractivity contribution in [2.24, 2.45) is 0 Å². The number of sulfonamides is 1. The van der Waals surface area contributed by atoms with Crippen molar-refractivity contribution in [2.45, 2.75) is 38.6 Å². The van der Waals surface area contributed by atoms with E-state index in [1.165, 1.54) is 0 Å². The number of nitrogens with one attached hydrogen (secondary N) is 2. The van der Waals surface area contributed by atoms with E-state index in [9.17, 15) is 13.2 Å². The lowest BCUT2D eigenvalue weighted by atomic mass is 10.1. The zero-order valence-electron chi connectivity index (χ0n) is 16.6. The highest BCUT2D eigenvalue weighted by Gasteiger charge is 2.22. The zero-order valence-corrected chi connectivity index (χ0v) is 17.4. The van der Waals surface area contributed by atoms with Gasteiger partial charge < -0.3 is 9.84 Å². The summed E-state index contributed by atoms with van der Waals surface area (Å²) in [5.41, 5.74) is 1.81. The van der Waals surface area contributed by atoms with Gasteiger partial charge in [-0.15, -0.1) is 0 Å². The largest absolute Gasteiger partial charge is 0.340 e. The summed E-state index contributed by atoms with van der Waals surface area (Å²) in [4.78, 5) is 17.0. The summed E-state index contributed by atoms with van der Waals surface area (Å²) >= 11 is 0. The Hall–Kier alpha value is -3.20.